The number of hydrogen-bond acceptors (Lipinski definition) is 4. The number of rotatable bonds is 14. The smallest absolute Gasteiger partial charge is 0.170 e. The molecule has 1 rings (SSSR count). The molecule has 4 nitrogen and oxygen atoms in total. The Morgan fingerprint density at radius 2 is 1.58 bits per heavy atom. The summed E-state index contributed by atoms with van der Waals surface area (Å²) in [6, 6.07) is 1.22. The molecule has 0 radical (unpaired) electrons. The quantitative estimate of drug-likeness (QED) is 0.257. The van der Waals surface area contributed by atoms with E-state index in [1.165, 1.54) is 12.5 Å². The highest BCUT2D eigenvalue weighted by molar-refractivity contribution is 7.35. The first-order chi connectivity index (χ1) is 11.7. The molecule has 0 aromatic heterocycles. The van der Waals surface area contributed by atoms with Crippen LogP contribution in [0.15, 0.2) is 0 Å². The Morgan fingerprint density at radius 1 is 1.00 bits per heavy atom. The van der Waals surface area contributed by atoms with E-state index in [0.717, 1.165) is 58.5 Å². The summed E-state index contributed by atoms with van der Waals surface area (Å²) >= 11 is 0. The maximum absolute atomic E-state index is 6.56. The minimum Gasteiger partial charge on any atom is -0.428 e. The molecule has 0 spiro atoms. The van der Waals surface area contributed by atoms with E-state index in [9.17, 15) is 0 Å². The molecule has 0 aromatic rings. The molecule has 0 bridgehead atoms. The van der Waals surface area contributed by atoms with Crippen molar-refractivity contribution in [1.29, 1.82) is 0 Å². The monoisotopic (exact) mass is 392 g/mol. The highest BCUT2D eigenvalue weighted by Crippen LogP contribution is 2.28. The zero-order chi connectivity index (χ0) is 17.7. The molecule has 1 heterocycles. The first kappa shape index (κ1) is 22.5. The van der Waals surface area contributed by atoms with Gasteiger partial charge in [0.2, 0.25) is 0 Å². The number of unbranched alkanes of at least 4 members (excludes halogenated alkanes) is 3. The van der Waals surface area contributed by atoms with Crippen LogP contribution in [0.3, 0.4) is 0 Å². The topological polar surface area (TPSA) is 36.9 Å². The molecule has 2 unspecified atom stereocenters. The van der Waals surface area contributed by atoms with E-state index in [2.05, 4.69) is 27.7 Å². The fourth-order valence-corrected chi connectivity index (χ4v) is 23.9. The van der Waals surface area contributed by atoms with Gasteiger partial charge in [0.15, 0.2) is 5.41 Å². The Morgan fingerprint density at radius 3 is 2.08 bits per heavy atom. The van der Waals surface area contributed by atoms with Crippen LogP contribution in [0.25, 0.3) is 0 Å². The van der Waals surface area contributed by atoms with E-state index in [-0.39, 0.29) is 29.3 Å². The summed E-state index contributed by atoms with van der Waals surface area (Å²) in [7, 11) is -1.41. The van der Waals surface area contributed by atoms with Crippen molar-refractivity contribution in [2.45, 2.75) is 83.8 Å². The summed E-state index contributed by atoms with van der Waals surface area (Å²) in [5.41, 5.74) is -0.388. The van der Waals surface area contributed by atoms with Crippen LogP contribution in [0, 0.1) is 0 Å². The van der Waals surface area contributed by atoms with Gasteiger partial charge < -0.3 is 18.6 Å². The first-order valence-electron chi connectivity index (χ1n) is 10.2. The van der Waals surface area contributed by atoms with Crippen LogP contribution in [0.2, 0.25) is 6.04 Å². The number of hydrogen-bond donors (Lipinski definition) is 0. The maximum atomic E-state index is 6.56. The summed E-state index contributed by atoms with van der Waals surface area (Å²) < 4.78 is 25.2. The van der Waals surface area contributed by atoms with E-state index < -0.39 is 8.31 Å². The van der Waals surface area contributed by atoms with E-state index in [0.29, 0.717) is 0 Å². The average molecular weight is 393 g/mol. The fraction of sp³-hybridized carbons (Fsp3) is 1.00. The van der Waals surface area contributed by atoms with Crippen molar-refractivity contribution in [2.24, 2.45) is 0 Å². The van der Waals surface area contributed by atoms with Gasteiger partial charge in [-0.05, 0) is 32.2 Å². The van der Waals surface area contributed by atoms with Gasteiger partial charge in [-0.25, -0.2) is 0 Å². The third kappa shape index (κ3) is 7.39. The second-order valence-electron chi connectivity index (χ2n) is 6.88. The van der Waals surface area contributed by atoms with E-state index >= 15 is 0 Å². The largest absolute Gasteiger partial charge is 0.428 e. The van der Waals surface area contributed by atoms with Crippen LogP contribution in [-0.2, 0) is 18.6 Å². The molecular formula is C17H40O4Si3. The minimum absolute atomic E-state index is 0.0639. The molecule has 0 amide bonds. The van der Waals surface area contributed by atoms with E-state index in [1.807, 2.05) is 0 Å². The zero-order valence-electron chi connectivity index (χ0n) is 16.5. The van der Waals surface area contributed by atoms with Gasteiger partial charge in [0.1, 0.15) is 23.7 Å². The number of ether oxygens (including phenoxy) is 3. The SMILES string of the molecule is CCCCOC(C)C(OCCCC)(OCCCC)[SiH]1CCO[SiH2][SiH2]1. The van der Waals surface area contributed by atoms with Gasteiger partial charge >= 0.3 is 0 Å². The standard InChI is InChI=1S/C17H40O4Si3/c1-5-8-11-18-16(4)17(19-12-9-6-2,20-13-10-7-3)24-15-14-21-22-23-24/h16,24H,5-15,22-23H2,1-4H3. The molecule has 1 saturated heterocycles. The van der Waals surface area contributed by atoms with Crippen molar-refractivity contribution in [3.63, 3.8) is 0 Å². The molecule has 24 heavy (non-hydrogen) atoms. The van der Waals surface area contributed by atoms with Crippen LogP contribution < -0.4 is 0 Å². The normalized spacial score (nSPS) is 22.2. The fourth-order valence-electron chi connectivity index (χ4n) is 3.22. The summed E-state index contributed by atoms with van der Waals surface area (Å²) in [6.07, 6.45) is 6.90. The Balaban J connectivity index is 2.85. The van der Waals surface area contributed by atoms with Gasteiger partial charge in [-0.3, -0.25) is 0 Å². The van der Waals surface area contributed by atoms with Gasteiger partial charge in [0, 0.05) is 35.0 Å². The van der Waals surface area contributed by atoms with Crippen molar-refractivity contribution in [2.75, 3.05) is 26.4 Å². The van der Waals surface area contributed by atoms with Crippen LogP contribution >= 0.6 is 0 Å². The second kappa shape index (κ2) is 13.7. The molecule has 1 fully saturated rings. The molecule has 1 aliphatic rings. The van der Waals surface area contributed by atoms with Crippen LogP contribution in [0.5, 0.6) is 0 Å². The summed E-state index contributed by atoms with van der Waals surface area (Å²) in [5.74, 6) is 0. The Labute approximate surface area is 155 Å². The van der Waals surface area contributed by atoms with Gasteiger partial charge in [-0.15, -0.1) is 0 Å². The van der Waals surface area contributed by atoms with Crippen molar-refractivity contribution >= 4 is 26.1 Å². The molecule has 0 saturated carbocycles. The van der Waals surface area contributed by atoms with Crippen LogP contribution in [0.1, 0.15) is 66.2 Å². The molecule has 1 aliphatic heterocycles. The summed E-state index contributed by atoms with van der Waals surface area (Å²) in [6.45, 7) is 12.2. The van der Waals surface area contributed by atoms with E-state index in [4.69, 9.17) is 18.6 Å². The van der Waals surface area contributed by atoms with Gasteiger partial charge in [0.25, 0.3) is 0 Å². The Bertz CT molecular complexity index is 292. The molecule has 2 atom stereocenters. The van der Waals surface area contributed by atoms with Crippen LogP contribution in [0.4, 0.5) is 0 Å². The lowest BCUT2D eigenvalue weighted by molar-refractivity contribution is -0.240. The lowest BCUT2D eigenvalue weighted by atomic mass is 10.3. The highest BCUT2D eigenvalue weighted by atomic mass is 29.5. The van der Waals surface area contributed by atoms with Crippen molar-refractivity contribution in [1.82, 2.24) is 0 Å². The molecular weight excluding hydrogens is 352 g/mol. The lowest BCUT2D eigenvalue weighted by Gasteiger charge is -2.45. The maximum Gasteiger partial charge on any atom is 0.170 e. The third-order valence-electron chi connectivity index (χ3n) is 4.87. The third-order valence-corrected chi connectivity index (χ3v) is 24.2. The predicted octanol–water partition coefficient (Wildman–Crippen LogP) is 1.98. The molecule has 0 aromatic carbocycles. The Kier molecular flexibility index (Phi) is 12.8. The lowest BCUT2D eigenvalue weighted by Crippen LogP contribution is -2.64. The van der Waals surface area contributed by atoms with Crippen LogP contribution in [-0.4, -0.2) is 64.1 Å². The second-order valence-corrected chi connectivity index (χ2v) is 22.2. The van der Waals surface area contributed by atoms with Crippen molar-refractivity contribution in [3.05, 3.63) is 0 Å². The van der Waals surface area contributed by atoms with Crippen molar-refractivity contribution in [3.8, 4) is 0 Å². The molecule has 7 heteroatoms. The predicted molar refractivity (Wildman–Crippen MR) is 110 cm³/mol. The van der Waals surface area contributed by atoms with E-state index in [1.54, 1.807) is 0 Å². The molecule has 0 N–H and O–H groups in total. The molecule has 0 aliphatic carbocycles. The first-order valence-corrected chi connectivity index (χ1v) is 19.4. The zero-order valence-corrected chi connectivity index (χ0v) is 20.5. The molecule has 144 valence electrons. The van der Waals surface area contributed by atoms with Gasteiger partial charge in [-0.1, -0.05) is 40.0 Å². The minimum atomic E-state index is -1.07. The average Bonchev–Trinajstić information content (AvgIpc) is 2.61. The highest BCUT2D eigenvalue weighted by Gasteiger charge is 2.48. The van der Waals surface area contributed by atoms with Crippen molar-refractivity contribution < 1.29 is 18.6 Å². The van der Waals surface area contributed by atoms with Gasteiger partial charge in [0.05, 0.1) is 0 Å². The summed E-state index contributed by atoms with van der Waals surface area (Å²) in [4.78, 5) is 0. The Hall–Kier alpha value is 0.491. The van der Waals surface area contributed by atoms with Gasteiger partial charge in [-0.2, -0.15) is 0 Å². The summed E-state index contributed by atoms with van der Waals surface area (Å²) in [5, 5.41) is 0.